The second-order valence-corrected chi connectivity index (χ2v) is 6.44. The lowest BCUT2D eigenvalue weighted by atomic mass is 10.0. The number of rotatable bonds is 2. The van der Waals surface area contributed by atoms with Gasteiger partial charge in [-0.2, -0.15) is 5.10 Å². The topological polar surface area (TPSA) is 61.0 Å². The highest BCUT2D eigenvalue weighted by Crippen LogP contribution is 2.29. The van der Waals surface area contributed by atoms with Crippen molar-refractivity contribution >= 4 is 17.5 Å². The molecule has 1 amide bonds. The minimum absolute atomic E-state index is 0.0280. The molecule has 22 heavy (non-hydrogen) atoms. The quantitative estimate of drug-likeness (QED) is 0.891. The van der Waals surface area contributed by atoms with Crippen molar-refractivity contribution in [2.24, 2.45) is 11.8 Å². The van der Waals surface area contributed by atoms with E-state index in [1.54, 1.807) is 6.07 Å². The molecular weight excluding hydrogens is 300 g/mol. The number of amides is 1. The molecule has 6 heteroatoms. The number of nitrogens with zero attached hydrogens (tertiary/aromatic N) is 2. The Hall–Kier alpha value is -1.85. The van der Waals surface area contributed by atoms with E-state index in [1.165, 1.54) is 0 Å². The smallest absolute Gasteiger partial charge is 0.271 e. The summed E-state index contributed by atoms with van der Waals surface area (Å²) in [6.07, 6.45) is 0. The van der Waals surface area contributed by atoms with Crippen molar-refractivity contribution in [3.8, 4) is 11.3 Å². The zero-order chi connectivity index (χ0) is 15.1. The largest absolute Gasteiger partial charge is 0.337 e. The summed E-state index contributed by atoms with van der Waals surface area (Å²) < 4.78 is 0. The molecule has 2 aliphatic heterocycles. The second-order valence-electron chi connectivity index (χ2n) is 6.04. The van der Waals surface area contributed by atoms with Crippen LogP contribution < -0.4 is 5.32 Å². The van der Waals surface area contributed by atoms with Gasteiger partial charge in [-0.1, -0.05) is 29.8 Å². The van der Waals surface area contributed by atoms with Gasteiger partial charge in [-0.25, -0.2) is 0 Å². The highest BCUT2D eigenvalue weighted by atomic mass is 35.5. The van der Waals surface area contributed by atoms with Gasteiger partial charge < -0.3 is 10.2 Å². The zero-order valence-electron chi connectivity index (χ0n) is 12.1. The molecule has 0 spiro atoms. The molecule has 2 N–H and O–H groups in total. The van der Waals surface area contributed by atoms with Crippen molar-refractivity contribution in [2.75, 3.05) is 26.2 Å². The number of hydrogen-bond donors (Lipinski definition) is 2. The standard InChI is InChI=1S/C16H17ClN4O/c17-13-4-2-1-3-12(13)14-5-15(20-19-14)16(22)21-8-10-6-18-7-11(10)9-21/h1-5,10-11,18H,6-9H2,(H,19,20)/t10-,11+. The maximum atomic E-state index is 12.6. The molecule has 0 unspecified atom stereocenters. The number of carbonyl (C=O) groups excluding carboxylic acids is 1. The Morgan fingerprint density at radius 1 is 1.23 bits per heavy atom. The highest BCUT2D eigenvalue weighted by Gasteiger charge is 2.38. The number of aromatic nitrogens is 2. The first-order valence-corrected chi connectivity index (χ1v) is 7.90. The fourth-order valence-electron chi connectivity index (χ4n) is 3.43. The minimum atomic E-state index is 0.0280. The fraction of sp³-hybridized carbons (Fsp3) is 0.375. The Labute approximate surface area is 133 Å². The predicted molar refractivity (Wildman–Crippen MR) is 84.8 cm³/mol. The molecule has 1 aromatic heterocycles. The van der Waals surface area contributed by atoms with Gasteiger partial charge in [0.25, 0.3) is 5.91 Å². The number of likely N-dealkylation sites (tertiary alicyclic amines) is 1. The summed E-state index contributed by atoms with van der Waals surface area (Å²) in [6, 6.07) is 9.30. The van der Waals surface area contributed by atoms with Gasteiger partial charge in [0.2, 0.25) is 0 Å². The molecule has 0 aliphatic carbocycles. The summed E-state index contributed by atoms with van der Waals surface area (Å²) in [5.41, 5.74) is 2.07. The molecule has 2 atom stereocenters. The molecule has 0 bridgehead atoms. The molecule has 2 fully saturated rings. The van der Waals surface area contributed by atoms with Crippen LogP contribution in [0.2, 0.25) is 5.02 Å². The van der Waals surface area contributed by atoms with Crippen LogP contribution >= 0.6 is 11.6 Å². The van der Waals surface area contributed by atoms with Gasteiger partial charge in [0, 0.05) is 31.7 Å². The third-order valence-corrected chi connectivity index (χ3v) is 4.96. The van der Waals surface area contributed by atoms with Crippen LogP contribution in [-0.4, -0.2) is 47.2 Å². The number of benzene rings is 1. The van der Waals surface area contributed by atoms with Gasteiger partial charge in [-0.05, 0) is 24.0 Å². The molecule has 5 nitrogen and oxygen atoms in total. The number of aromatic amines is 1. The van der Waals surface area contributed by atoms with E-state index in [4.69, 9.17) is 11.6 Å². The van der Waals surface area contributed by atoms with Crippen LogP contribution in [0.1, 0.15) is 10.5 Å². The van der Waals surface area contributed by atoms with E-state index in [1.807, 2.05) is 29.2 Å². The number of H-pyrrole nitrogens is 1. The average molecular weight is 317 g/mol. The maximum Gasteiger partial charge on any atom is 0.271 e. The summed E-state index contributed by atoms with van der Waals surface area (Å²) in [6.45, 7) is 3.69. The Morgan fingerprint density at radius 2 is 1.95 bits per heavy atom. The zero-order valence-corrected chi connectivity index (χ0v) is 12.8. The summed E-state index contributed by atoms with van der Waals surface area (Å²) in [5.74, 6) is 1.21. The fourth-order valence-corrected chi connectivity index (χ4v) is 3.66. The molecule has 2 aromatic rings. The van der Waals surface area contributed by atoms with E-state index >= 15 is 0 Å². The monoisotopic (exact) mass is 316 g/mol. The number of halogens is 1. The number of fused-ring (bicyclic) bond motifs is 1. The molecule has 114 valence electrons. The van der Waals surface area contributed by atoms with Crippen molar-refractivity contribution in [2.45, 2.75) is 0 Å². The Bertz CT molecular complexity index is 702. The normalized spacial score (nSPS) is 23.8. The van der Waals surface area contributed by atoms with E-state index in [-0.39, 0.29) is 5.91 Å². The molecular formula is C16H17ClN4O. The molecule has 0 saturated carbocycles. The SMILES string of the molecule is O=C(c1cc(-c2ccccc2Cl)n[nH]1)N1C[C@H]2CNC[C@H]2C1. The first-order valence-electron chi connectivity index (χ1n) is 7.52. The summed E-state index contributed by atoms with van der Waals surface area (Å²) >= 11 is 6.18. The van der Waals surface area contributed by atoms with Crippen molar-refractivity contribution in [3.05, 3.63) is 41.0 Å². The van der Waals surface area contributed by atoms with Crippen molar-refractivity contribution < 1.29 is 4.79 Å². The highest BCUT2D eigenvalue weighted by molar-refractivity contribution is 6.33. The van der Waals surface area contributed by atoms with Gasteiger partial charge in [-0.15, -0.1) is 0 Å². The Morgan fingerprint density at radius 3 is 2.68 bits per heavy atom. The second kappa shape index (κ2) is 5.41. The van der Waals surface area contributed by atoms with Gasteiger partial charge in [0.15, 0.2) is 0 Å². The summed E-state index contributed by atoms with van der Waals surface area (Å²) in [5, 5.41) is 11.1. The summed E-state index contributed by atoms with van der Waals surface area (Å²) in [4.78, 5) is 14.5. The van der Waals surface area contributed by atoms with Crippen LogP contribution in [0.5, 0.6) is 0 Å². The Kier molecular flexibility index (Phi) is 3.39. The maximum absolute atomic E-state index is 12.6. The lowest BCUT2D eigenvalue weighted by Gasteiger charge is -2.16. The van der Waals surface area contributed by atoms with Gasteiger partial charge in [-0.3, -0.25) is 9.89 Å². The number of carbonyl (C=O) groups is 1. The van der Waals surface area contributed by atoms with E-state index in [0.29, 0.717) is 28.2 Å². The third kappa shape index (κ3) is 2.30. The van der Waals surface area contributed by atoms with E-state index in [9.17, 15) is 4.79 Å². The van der Waals surface area contributed by atoms with Crippen LogP contribution in [0.25, 0.3) is 11.3 Å². The first kappa shape index (κ1) is 13.8. The van der Waals surface area contributed by atoms with E-state index in [0.717, 1.165) is 31.7 Å². The lowest BCUT2D eigenvalue weighted by molar-refractivity contribution is 0.0776. The van der Waals surface area contributed by atoms with Crippen molar-refractivity contribution in [3.63, 3.8) is 0 Å². The van der Waals surface area contributed by atoms with Gasteiger partial charge >= 0.3 is 0 Å². The van der Waals surface area contributed by atoms with Crippen LogP contribution in [0.3, 0.4) is 0 Å². The molecule has 2 aliphatic rings. The average Bonchev–Trinajstić information content (AvgIpc) is 3.22. The van der Waals surface area contributed by atoms with Crippen LogP contribution in [0, 0.1) is 11.8 Å². The molecule has 3 heterocycles. The molecule has 4 rings (SSSR count). The van der Waals surface area contributed by atoms with Crippen molar-refractivity contribution in [1.29, 1.82) is 0 Å². The first-order chi connectivity index (χ1) is 10.7. The van der Waals surface area contributed by atoms with E-state index < -0.39 is 0 Å². The minimum Gasteiger partial charge on any atom is -0.337 e. The predicted octanol–water partition coefficient (Wildman–Crippen LogP) is 2.02. The lowest BCUT2D eigenvalue weighted by Crippen LogP contribution is -2.32. The molecule has 2 saturated heterocycles. The van der Waals surface area contributed by atoms with Gasteiger partial charge in [0.1, 0.15) is 5.69 Å². The number of hydrogen-bond acceptors (Lipinski definition) is 3. The van der Waals surface area contributed by atoms with Crippen molar-refractivity contribution in [1.82, 2.24) is 20.4 Å². The summed E-state index contributed by atoms with van der Waals surface area (Å²) in [7, 11) is 0. The molecule has 1 aromatic carbocycles. The molecule has 0 radical (unpaired) electrons. The van der Waals surface area contributed by atoms with E-state index in [2.05, 4.69) is 15.5 Å². The van der Waals surface area contributed by atoms with Crippen LogP contribution in [-0.2, 0) is 0 Å². The number of nitrogens with one attached hydrogen (secondary N) is 2. The third-order valence-electron chi connectivity index (χ3n) is 4.63. The van der Waals surface area contributed by atoms with Gasteiger partial charge in [0.05, 0.1) is 10.7 Å². The van der Waals surface area contributed by atoms with Crippen LogP contribution in [0.4, 0.5) is 0 Å². The Balaban J connectivity index is 1.54. The van der Waals surface area contributed by atoms with Crippen LogP contribution in [0.15, 0.2) is 30.3 Å².